The van der Waals surface area contributed by atoms with Gasteiger partial charge < -0.3 is 11.1 Å². The number of hydrogen-bond acceptors (Lipinski definition) is 2. The molecular weight excluding hydrogens is 273 g/mol. The Hall–Kier alpha value is -2.08. The highest BCUT2D eigenvalue weighted by Gasteiger charge is 2.12. The molecule has 2 aromatic carbocycles. The highest BCUT2D eigenvalue weighted by molar-refractivity contribution is 7.80. The van der Waals surface area contributed by atoms with Crippen molar-refractivity contribution >= 4 is 28.6 Å². The van der Waals surface area contributed by atoms with Gasteiger partial charge in [-0.05, 0) is 36.4 Å². The lowest BCUT2D eigenvalue weighted by molar-refractivity contribution is 0.590. The minimum absolute atomic E-state index is 0.0915. The fourth-order valence-corrected chi connectivity index (χ4v) is 1.63. The third kappa shape index (κ3) is 3.03. The number of rotatable bonds is 3. The molecule has 0 radical (unpaired) electrons. The largest absolute Gasteiger partial charge is 0.389 e. The first-order valence-electron chi connectivity index (χ1n) is 5.29. The third-order valence-corrected chi connectivity index (χ3v) is 2.68. The zero-order valence-corrected chi connectivity index (χ0v) is 10.4. The van der Waals surface area contributed by atoms with Crippen molar-refractivity contribution in [3.05, 3.63) is 59.4 Å². The van der Waals surface area contributed by atoms with Crippen LogP contribution in [0.2, 0.25) is 0 Å². The molecule has 19 heavy (non-hydrogen) atoms. The predicted octanol–water partition coefficient (Wildman–Crippen LogP) is 3.48. The summed E-state index contributed by atoms with van der Waals surface area (Å²) in [6, 6.07) is 7.18. The fraction of sp³-hybridized carbons (Fsp3) is 0. The summed E-state index contributed by atoms with van der Waals surface area (Å²) in [5, 5.41) is 2.53. The number of hydrogen-bond donors (Lipinski definition) is 2. The third-order valence-electron chi connectivity index (χ3n) is 2.44. The lowest BCUT2D eigenvalue weighted by Gasteiger charge is -2.10. The molecule has 0 saturated carbocycles. The van der Waals surface area contributed by atoms with Gasteiger partial charge in [-0.1, -0.05) is 12.2 Å². The second-order valence-electron chi connectivity index (χ2n) is 3.81. The van der Waals surface area contributed by atoms with Crippen LogP contribution >= 0.6 is 12.2 Å². The maximum absolute atomic E-state index is 13.7. The van der Waals surface area contributed by atoms with Crippen LogP contribution < -0.4 is 11.1 Å². The van der Waals surface area contributed by atoms with Crippen molar-refractivity contribution in [2.45, 2.75) is 0 Å². The molecule has 2 nitrogen and oxygen atoms in total. The summed E-state index contributed by atoms with van der Waals surface area (Å²) in [7, 11) is 0. The molecule has 98 valence electrons. The Balaban J connectivity index is 2.35. The van der Waals surface area contributed by atoms with Gasteiger partial charge in [-0.2, -0.15) is 0 Å². The topological polar surface area (TPSA) is 38.0 Å². The molecule has 0 amide bonds. The van der Waals surface area contributed by atoms with Crippen molar-refractivity contribution in [1.29, 1.82) is 0 Å². The van der Waals surface area contributed by atoms with Crippen LogP contribution in [0.25, 0.3) is 0 Å². The molecule has 6 heteroatoms. The van der Waals surface area contributed by atoms with E-state index < -0.39 is 17.5 Å². The maximum atomic E-state index is 13.7. The van der Waals surface area contributed by atoms with E-state index in [0.29, 0.717) is 5.69 Å². The van der Waals surface area contributed by atoms with Crippen LogP contribution in [-0.4, -0.2) is 4.99 Å². The summed E-state index contributed by atoms with van der Waals surface area (Å²) in [5.74, 6) is -2.09. The Morgan fingerprint density at radius 1 is 1.00 bits per heavy atom. The van der Waals surface area contributed by atoms with Gasteiger partial charge in [0.25, 0.3) is 0 Å². The number of halogens is 3. The molecule has 0 spiro atoms. The molecule has 0 aliphatic heterocycles. The quantitative estimate of drug-likeness (QED) is 0.846. The first-order chi connectivity index (χ1) is 8.97. The van der Waals surface area contributed by atoms with Crippen LogP contribution in [0.3, 0.4) is 0 Å². The smallest absolute Gasteiger partial charge is 0.150 e. The molecule has 0 aliphatic carbocycles. The lowest BCUT2D eigenvalue weighted by Crippen LogP contribution is -2.11. The molecule has 0 aromatic heterocycles. The van der Waals surface area contributed by atoms with Crippen LogP contribution in [0.1, 0.15) is 5.56 Å². The highest BCUT2D eigenvalue weighted by Crippen LogP contribution is 2.25. The van der Waals surface area contributed by atoms with E-state index in [1.807, 2.05) is 0 Å². The summed E-state index contributed by atoms with van der Waals surface area (Å²) in [6.07, 6.45) is 0. The van der Waals surface area contributed by atoms with Gasteiger partial charge in [-0.25, -0.2) is 13.2 Å². The Bertz CT molecular complexity index is 603. The maximum Gasteiger partial charge on any atom is 0.150 e. The monoisotopic (exact) mass is 282 g/mol. The highest BCUT2D eigenvalue weighted by atomic mass is 32.1. The minimum Gasteiger partial charge on any atom is -0.389 e. The van der Waals surface area contributed by atoms with Gasteiger partial charge in [0.15, 0.2) is 0 Å². The predicted molar refractivity (Wildman–Crippen MR) is 71.9 cm³/mol. The van der Waals surface area contributed by atoms with Crippen molar-refractivity contribution in [2.24, 2.45) is 5.73 Å². The number of nitrogens with one attached hydrogen (secondary N) is 1. The molecule has 2 rings (SSSR count). The average molecular weight is 282 g/mol. The molecule has 0 aliphatic rings. The van der Waals surface area contributed by atoms with Gasteiger partial charge in [0, 0.05) is 11.3 Å². The Kier molecular flexibility index (Phi) is 3.71. The molecule has 0 saturated heterocycles. The van der Waals surface area contributed by atoms with E-state index in [-0.39, 0.29) is 16.2 Å². The van der Waals surface area contributed by atoms with Gasteiger partial charge >= 0.3 is 0 Å². The average Bonchev–Trinajstić information content (AvgIpc) is 2.35. The van der Waals surface area contributed by atoms with Crippen molar-refractivity contribution < 1.29 is 13.2 Å². The van der Waals surface area contributed by atoms with Crippen molar-refractivity contribution in [2.75, 3.05) is 5.32 Å². The number of thiocarbonyl (C=S) groups is 1. The molecule has 0 unspecified atom stereocenters. The summed E-state index contributed by atoms with van der Waals surface area (Å²) < 4.78 is 40.2. The fourth-order valence-electron chi connectivity index (χ4n) is 1.51. The van der Waals surface area contributed by atoms with Gasteiger partial charge in [0.1, 0.15) is 28.1 Å². The number of benzene rings is 2. The Labute approximate surface area is 113 Å². The summed E-state index contributed by atoms with van der Waals surface area (Å²) in [5.41, 5.74) is 5.44. The first kappa shape index (κ1) is 13.4. The van der Waals surface area contributed by atoms with E-state index in [2.05, 4.69) is 17.5 Å². The number of nitrogens with two attached hydrogens (primary N) is 1. The van der Waals surface area contributed by atoms with Crippen LogP contribution in [0.15, 0.2) is 36.4 Å². The molecule has 0 fully saturated rings. The van der Waals surface area contributed by atoms with Gasteiger partial charge in [-0.3, -0.25) is 0 Å². The standard InChI is InChI=1S/C13H9F3N2S/c14-8-1-3-9(4-2-8)18-12-10(15)5-7(13(17)19)6-11(12)16/h1-6,18H,(H2,17,19). The summed E-state index contributed by atoms with van der Waals surface area (Å²) >= 11 is 4.65. The Morgan fingerprint density at radius 2 is 1.53 bits per heavy atom. The first-order valence-corrected chi connectivity index (χ1v) is 5.69. The van der Waals surface area contributed by atoms with Crippen LogP contribution in [0.5, 0.6) is 0 Å². The van der Waals surface area contributed by atoms with Gasteiger partial charge in [0.2, 0.25) is 0 Å². The molecule has 0 atom stereocenters. The van der Waals surface area contributed by atoms with Crippen LogP contribution in [0.4, 0.5) is 24.5 Å². The van der Waals surface area contributed by atoms with E-state index in [1.165, 1.54) is 24.3 Å². The molecule has 0 heterocycles. The molecule has 3 N–H and O–H groups in total. The zero-order valence-electron chi connectivity index (χ0n) is 9.58. The lowest BCUT2D eigenvalue weighted by atomic mass is 10.1. The molecular formula is C13H9F3N2S. The van der Waals surface area contributed by atoms with Crippen molar-refractivity contribution in [3.8, 4) is 0 Å². The van der Waals surface area contributed by atoms with Gasteiger partial charge in [-0.15, -0.1) is 0 Å². The van der Waals surface area contributed by atoms with E-state index in [9.17, 15) is 13.2 Å². The van der Waals surface area contributed by atoms with E-state index in [4.69, 9.17) is 5.73 Å². The second kappa shape index (κ2) is 5.27. The van der Waals surface area contributed by atoms with Crippen molar-refractivity contribution in [3.63, 3.8) is 0 Å². The Morgan fingerprint density at radius 3 is 2.00 bits per heavy atom. The van der Waals surface area contributed by atoms with E-state index in [0.717, 1.165) is 12.1 Å². The van der Waals surface area contributed by atoms with Crippen molar-refractivity contribution in [1.82, 2.24) is 0 Å². The van der Waals surface area contributed by atoms with Gasteiger partial charge in [0.05, 0.1) is 0 Å². The molecule has 2 aromatic rings. The normalized spacial score (nSPS) is 10.3. The second-order valence-corrected chi connectivity index (χ2v) is 4.25. The number of anilines is 2. The zero-order chi connectivity index (χ0) is 14.0. The minimum atomic E-state index is -0.827. The van der Waals surface area contributed by atoms with Crippen LogP contribution in [-0.2, 0) is 0 Å². The summed E-state index contributed by atoms with van der Waals surface area (Å²) in [4.78, 5) is -0.0915. The van der Waals surface area contributed by atoms with E-state index >= 15 is 0 Å². The summed E-state index contributed by atoms with van der Waals surface area (Å²) in [6.45, 7) is 0. The van der Waals surface area contributed by atoms with E-state index in [1.54, 1.807) is 0 Å². The SMILES string of the molecule is NC(=S)c1cc(F)c(Nc2ccc(F)cc2)c(F)c1. The molecule has 0 bridgehead atoms. The van der Waals surface area contributed by atoms with Crippen LogP contribution in [0, 0.1) is 17.5 Å².